The number of amidine groups is 1. The summed E-state index contributed by atoms with van der Waals surface area (Å²) in [7, 11) is -1.88. The van der Waals surface area contributed by atoms with Crippen LogP contribution < -0.4 is 15.6 Å². The zero-order valence-electron chi connectivity index (χ0n) is 24.3. The molecule has 0 unspecified atom stereocenters. The SMILES string of the molecule is CCCN(Cc1cccc(C(N)=NC(=O)OC2CCN(C)CC2)c1)C(=O)Oc1ccc(-c2ccccc2S(N)(=O)=O)cc1. The zero-order chi connectivity index (χ0) is 31.0. The van der Waals surface area contributed by atoms with Crippen molar-refractivity contribution in [3.63, 3.8) is 0 Å². The van der Waals surface area contributed by atoms with E-state index in [-0.39, 0.29) is 23.4 Å². The first-order valence-electron chi connectivity index (χ1n) is 14.0. The predicted octanol–water partition coefficient (Wildman–Crippen LogP) is 4.35. The number of likely N-dealkylation sites (tertiary alicyclic amines) is 1. The minimum Gasteiger partial charge on any atom is -0.444 e. The van der Waals surface area contributed by atoms with E-state index in [9.17, 15) is 18.0 Å². The Kier molecular flexibility index (Phi) is 10.5. The van der Waals surface area contributed by atoms with Crippen molar-refractivity contribution in [3.8, 4) is 16.9 Å². The number of rotatable bonds is 9. The third kappa shape index (κ3) is 8.87. The summed E-state index contributed by atoms with van der Waals surface area (Å²) in [6.45, 7) is 4.35. The molecule has 0 aliphatic carbocycles. The lowest BCUT2D eigenvalue weighted by molar-refractivity contribution is 0.0636. The fraction of sp³-hybridized carbons (Fsp3) is 0.323. The highest BCUT2D eigenvalue weighted by Crippen LogP contribution is 2.28. The summed E-state index contributed by atoms with van der Waals surface area (Å²) < 4.78 is 35.1. The van der Waals surface area contributed by atoms with E-state index < -0.39 is 22.2 Å². The van der Waals surface area contributed by atoms with Crippen LogP contribution in [0, 0.1) is 0 Å². The smallest absolute Gasteiger partial charge is 0.435 e. The molecule has 0 aromatic heterocycles. The Morgan fingerprint density at radius 1 is 1.02 bits per heavy atom. The Hall–Kier alpha value is -4.26. The number of piperidine rings is 1. The van der Waals surface area contributed by atoms with E-state index in [1.165, 1.54) is 6.07 Å². The largest absolute Gasteiger partial charge is 0.444 e. The van der Waals surface area contributed by atoms with Gasteiger partial charge in [0, 0.05) is 37.3 Å². The van der Waals surface area contributed by atoms with Gasteiger partial charge in [0.2, 0.25) is 10.0 Å². The molecule has 2 amide bonds. The maximum absolute atomic E-state index is 13.1. The van der Waals surface area contributed by atoms with Gasteiger partial charge in [-0.1, -0.05) is 55.5 Å². The molecule has 1 fully saturated rings. The summed E-state index contributed by atoms with van der Waals surface area (Å²) in [5, 5.41) is 5.36. The number of nitrogens with zero attached hydrogens (tertiary/aromatic N) is 3. The van der Waals surface area contributed by atoms with Crippen LogP contribution in [0.4, 0.5) is 9.59 Å². The fourth-order valence-electron chi connectivity index (χ4n) is 4.81. The first-order chi connectivity index (χ1) is 20.5. The molecule has 3 aromatic rings. The molecule has 0 saturated carbocycles. The molecule has 228 valence electrons. The van der Waals surface area contributed by atoms with Crippen LogP contribution in [0.15, 0.2) is 82.7 Å². The van der Waals surface area contributed by atoms with Crippen LogP contribution in [0.2, 0.25) is 0 Å². The van der Waals surface area contributed by atoms with Crippen molar-refractivity contribution in [2.45, 2.75) is 43.7 Å². The van der Waals surface area contributed by atoms with Crippen molar-refractivity contribution in [1.29, 1.82) is 0 Å². The first kappa shape index (κ1) is 31.7. The Bertz CT molecular complexity index is 1570. The highest BCUT2D eigenvalue weighted by Gasteiger charge is 2.21. The summed E-state index contributed by atoms with van der Waals surface area (Å²) >= 11 is 0. The number of benzene rings is 3. The standard InChI is InChI=1S/C31H37N5O6S/c1-3-17-36(31(38)42-25-13-11-23(12-14-25)27-9-4-5-10-28(27)43(33,39)40)21-22-7-6-8-24(20-22)29(32)34-30(37)41-26-15-18-35(2)19-16-26/h4-14,20,26H,3,15-19,21H2,1-2H3,(H2,32,34,37)(H2,33,39,40). The highest BCUT2D eigenvalue weighted by atomic mass is 32.2. The Morgan fingerprint density at radius 2 is 1.72 bits per heavy atom. The van der Waals surface area contributed by atoms with E-state index in [1.807, 2.05) is 20.0 Å². The van der Waals surface area contributed by atoms with Gasteiger partial charge in [-0.25, -0.2) is 23.1 Å². The van der Waals surface area contributed by atoms with Crippen LogP contribution in [0.1, 0.15) is 37.3 Å². The number of ether oxygens (including phenoxy) is 2. The summed E-state index contributed by atoms with van der Waals surface area (Å²) in [5.41, 5.74) is 8.51. The van der Waals surface area contributed by atoms with E-state index in [1.54, 1.807) is 65.6 Å². The maximum atomic E-state index is 13.1. The number of carbonyl (C=O) groups excluding carboxylic acids is 2. The zero-order valence-corrected chi connectivity index (χ0v) is 25.1. The van der Waals surface area contributed by atoms with Crippen LogP contribution in [0.5, 0.6) is 5.75 Å². The second-order valence-electron chi connectivity index (χ2n) is 10.4. The number of amides is 2. The topological polar surface area (TPSA) is 158 Å². The van der Waals surface area contributed by atoms with Crippen LogP contribution >= 0.6 is 0 Å². The minimum atomic E-state index is -3.91. The molecule has 12 heteroatoms. The van der Waals surface area contributed by atoms with Gasteiger partial charge in [0.15, 0.2) is 0 Å². The van der Waals surface area contributed by atoms with Crippen LogP contribution in [-0.2, 0) is 21.3 Å². The summed E-state index contributed by atoms with van der Waals surface area (Å²) in [4.78, 5) is 33.1. The molecule has 11 nitrogen and oxygen atoms in total. The monoisotopic (exact) mass is 607 g/mol. The van der Waals surface area contributed by atoms with Crippen molar-refractivity contribution < 1.29 is 27.5 Å². The summed E-state index contributed by atoms with van der Waals surface area (Å²) in [6, 6.07) is 20.1. The lowest BCUT2D eigenvalue weighted by Crippen LogP contribution is -2.35. The second kappa shape index (κ2) is 14.3. The Morgan fingerprint density at radius 3 is 2.40 bits per heavy atom. The van der Waals surface area contributed by atoms with Crippen molar-refractivity contribution in [3.05, 3.63) is 83.9 Å². The van der Waals surface area contributed by atoms with Crippen molar-refractivity contribution in [1.82, 2.24) is 9.80 Å². The number of nitrogens with two attached hydrogens (primary N) is 2. The molecule has 0 bridgehead atoms. The number of sulfonamides is 1. The first-order valence-corrected chi connectivity index (χ1v) is 15.6. The summed E-state index contributed by atoms with van der Waals surface area (Å²) in [6.07, 6.45) is 0.778. The molecule has 0 atom stereocenters. The van der Waals surface area contributed by atoms with Crippen molar-refractivity contribution in [2.75, 3.05) is 26.7 Å². The average Bonchev–Trinajstić information content (AvgIpc) is 2.98. The molecule has 1 saturated heterocycles. The van der Waals surface area contributed by atoms with Gasteiger partial charge in [0.05, 0.1) is 4.90 Å². The van der Waals surface area contributed by atoms with E-state index in [0.29, 0.717) is 35.4 Å². The van der Waals surface area contributed by atoms with Crippen molar-refractivity contribution >= 4 is 28.0 Å². The fourth-order valence-corrected chi connectivity index (χ4v) is 5.57. The van der Waals surface area contributed by atoms with Gasteiger partial charge in [-0.15, -0.1) is 0 Å². The Labute approximate surface area is 252 Å². The Balaban J connectivity index is 1.41. The molecular formula is C31H37N5O6S. The molecule has 4 rings (SSSR count). The molecule has 1 heterocycles. The van der Waals surface area contributed by atoms with Gasteiger partial charge in [-0.3, -0.25) is 0 Å². The maximum Gasteiger partial charge on any atom is 0.435 e. The van der Waals surface area contributed by atoms with Crippen LogP contribution in [0.3, 0.4) is 0 Å². The van der Waals surface area contributed by atoms with E-state index in [0.717, 1.165) is 31.5 Å². The molecular weight excluding hydrogens is 570 g/mol. The molecule has 4 N–H and O–H groups in total. The molecule has 0 radical (unpaired) electrons. The quantitative estimate of drug-likeness (QED) is 0.268. The van der Waals surface area contributed by atoms with Gasteiger partial charge >= 0.3 is 12.2 Å². The summed E-state index contributed by atoms with van der Waals surface area (Å²) in [5.74, 6) is 0.338. The number of primary sulfonamides is 1. The normalized spacial score (nSPS) is 14.7. The third-order valence-corrected chi connectivity index (χ3v) is 8.03. The van der Waals surface area contributed by atoms with E-state index in [4.69, 9.17) is 20.3 Å². The van der Waals surface area contributed by atoms with Crippen molar-refractivity contribution in [2.24, 2.45) is 15.9 Å². The van der Waals surface area contributed by atoms with E-state index >= 15 is 0 Å². The van der Waals surface area contributed by atoms with Gasteiger partial charge in [0.1, 0.15) is 17.7 Å². The number of hydrogen-bond acceptors (Lipinski definition) is 7. The lowest BCUT2D eigenvalue weighted by atomic mass is 10.1. The lowest BCUT2D eigenvalue weighted by Gasteiger charge is -2.27. The van der Waals surface area contributed by atoms with Gasteiger partial charge < -0.3 is 25.0 Å². The second-order valence-corrected chi connectivity index (χ2v) is 12.0. The third-order valence-electron chi connectivity index (χ3n) is 7.06. The van der Waals surface area contributed by atoms with Gasteiger partial charge in [-0.2, -0.15) is 4.99 Å². The molecule has 1 aliphatic rings. The molecule has 3 aromatic carbocycles. The predicted molar refractivity (Wildman–Crippen MR) is 164 cm³/mol. The molecule has 43 heavy (non-hydrogen) atoms. The number of aliphatic imine (C=N–C) groups is 1. The highest BCUT2D eigenvalue weighted by molar-refractivity contribution is 7.89. The minimum absolute atomic E-state index is 0.0101. The average molecular weight is 608 g/mol. The number of carbonyl (C=O) groups is 2. The molecule has 0 spiro atoms. The molecule has 1 aliphatic heterocycles. The van der Waals surface area contributed by atoms with Crippen LogP contribution in [-0.4, -0.2) is 69.0 Å². The van der Waals surface area contributed by atoms with Gasteiger partial charge in [0.25, 0.3) is 0 Å². The van der Waals surface area contributed by atoms with E-state index in [2.05, 4.69) is 9.89 Å². The van der Waals surface area contributed by atoms with Gasteiger partial charge in [-0.05, 0) is 61.7 Å². The van der Waals surface area contributed by atoms with Crippen LogP contribution in [0.25, 0.3) is 11.1 Å². The number of hydrogen-bond donors (Lipinski definition) is 2.